The van der Waals surface area contributed by atoms with Crippen LogP contribution < -0.4 is 4.90 Å². The highest BCUT2D eigenvalue weighted by Gasteiger charge is 2.17. The van der Waals surface area contributed by atoms with Crippen molar-refractivity contribution in [3.8, 4) is 0 Å². The van der Waals surface area contributed by atoms with Crippen LogP contribution in [0.1, 0.15) is 23.8 Å². The molecule has 0 aliphatic rings. The summed E-state index contributed by atoms with van der Waals surface area (Å²) >= 11 is 1.55. The monoisotopic (exact) mass is 280 g/mol. The van der Waals surface area contributed by atoms with E-state index in [1.807, 2.05) is 16.0 Å². The number of fused-ring (bicyclic) bond motifs is 1. The van der Waals surface area contributed by atoms with E-state index in [0.717, 1.165) is 43.1 Å². The van der Waals surface area contributed by atoms with E-state index in [1.54, 1.807) is 11.3 Å². The molecule has 5 nitrogen and oxygen atoms in total. The summed E-state index contributed by atoms with van der Waals surface area (Å²) in [4.78, 5) is 21.1. The Balaban J connectivity index is 2.19. The summed E-state index contributed by atoms with van der Waals surface area (Å²) in [5.41, 5.74) is 0.656. The predicted molar refractivity (Wildman–Crippen MR) is 79.5 cm³/mol. The first-order chi connectivity index (χ1) is 9.17. The van der Waals surface area contributed by atoms with Crippen LogP contribution in [0.25, 0.3) is 4.96 Å². The lowest BCUT2D eigenvalue weighted by molar-refractivity contribution is 0.111. The van der Waals surface area contributed by atoms with Crippen LogP contribution in [0.4, 0.5) is 5.82 Å². The number of anilines is 1. The Morgan fingerprint density at radius 2 is 2.21 bits per heavy atom. The molecule has 0 amide bonds. The van der Waals surface area contributed by atoms with Crippen molar-refractivity contribution in [3.63, 3.8) is 0 Å². The van der Waals surface area contributed by atoms with E-state index in [4.69, 9.17) is 0 Å². The summed E-state index contributed by atoms with van der Waals surface area (Å²) in [6.07, 6.45) is 3.86. The molecule has 104 valence electrons. The molecule has 0 bridgehead atoms. The molecule has 2 aromatic heterocycles. The summed E-state index contributed by atoms with van der Waals surface area (Å²) in [5.74, 6) is 0.808. The van der Waals surface area contributed by atoms with Crippen LogP contribution in [0, 0.1) is 0 Å². The third-order valence-electron chi connectivity index (χ3n) is 3.11. The third-order valence-corrected chi connectivity index (χ3v) is 3.86. The molecule has 0 radical (unpaired) electrons. The van der Waals surface area contributed by atoms with Gasteiger partial charge in [0.1, 0.15) is 5.69 Å². The third kappa shape index (κ3) is 2.96. The van der Waals surface area contributed by atoms with Crippen molar-refractivity contribution in [2.24, 2.45) is 0 Å². The fourth-order valence-electron chi connectivity index (χ4n) is 2.13. The van der Waals surface area contributed by atoms with Gasteiger partial charge in [0, 0.05) is 24.7 Å². The van der Waals surface area contributed by atoms with Gasteiger partial charge in [-0.15, -0.1) is 11.3 Å². The first-order valence-electron chi connectivity index (χ1n) is 6.47. The standard InChI is InChI=1S/C13H20N4OS/c1-4-16(7-5-6-15(2)3)12-11(10-18)17-8-9-19-13(17)14-12/h8-10H,4-7H2,1-3H3. The van der Waals surface area contributed by atoms with E-state index >= 15 is 0 Å². The molecule has 0 aliphatic heterocycles. The van der Waals surface area contributed by atoms with Crippen LogP contribution >= 0.6 is 11.3 Å². The largest absolute Gasteiger partial charge is 0.355 e. The maximum absolute atomic E-state index is 11.3. The zero-order valence-corrected chi connectivity index (χ0v) is 12.5. The lowest BCUT2D eigenvalue weighted by Gasteiger charge is -2.22. The van der Waals surface area contributed by atoms with Crippen LogP contribution in [0.5, 0.6) is 0 Å². The summed E-state index contributed by atoms with van der Waals surface area (Å²) in [6, 6.07) is 0. The summed E-state index contributed by atoms with van der Waals surface area (Å²) in [5, 5.41) is 1.95. The Hall–Kier alpha value is -1.40. The van der Waals surface area contributed by atoms with Crippen molar-refractivity contribution in [2.45, 2.75) is 13.3 Å². The lowest BCUT2D eigenvalue weighted by Crippen LogP contribution is -2.28. The molecular weight excluding hydrogens is 260 g/mol. The van der Waals surface area contributed by atoms with Crippen LogP contribution in [0.2, 0.25) is 0 Å². The van der Waals surface area contributed by atoms with E-state index in [-0.39, 0.29) is 0 Å². The highest BCUT2D eigenvalue weighted by Crippen LogP contribution is 2.23. The second-order valence-corrected chi connectivity index (χ2v) is 5.60. The number of imidazole rings is 1. The number of carbonyl (C=O) groups excluding carboxylic acids is 1. The molecule has 0 aromatic carbocycles. The molecule has 0 unspecified atom stereocenters. The number of carbonyl (C=O) groups is 1. The van der Waals surface area contributed by atoms with Gasteiger partial charge in [-0.2, -0.15) is 0 Å². The first kappa shape index (κ1) is 14.0. The van der Waals surface area contributed by atoms with Gasteiger partial charge in [0.05, 0.1) is 0 Å². The van der Waals surface area contributed by atoms with Crippen molar-refractivity contribution < 1.29 is 4.79 Å². The zero-order chi connectivity index (χ0) is 13.8. The number of aldehydes is 1. The SMILES string of the molecule is CCN(CCCN(C)C)c1nc2sccn2c1C=O. The number of thiazole rings is 1. The molecule has 0 spiro atoms. The van der Waals surface area contributed by atoms with Crippen molar-refractivity contribution in [3.05, 3.63) is 17.3 Å². The van der Waals surface area contributed by atoms with E-state index in [2.05, 4.69) is 35.8 Å². The zero-order valence-electron chi connectivity index (χ0n) is 11.7. The Bertz CT molecular complexity index is 546. The normalized spacial score (nSPS) is 11.4. The average Bonchev–Trinajstić information content (AvgIpc) is 2.94. The molecule has 0 N–H and O–H groups in total. The lowest BCUT2D eigenvalue weighted by atomic mass is 10.3. The number of aromatic nitrogens is 2. The Morgan fingerprint density at radius 3 is 2.84 bits per heavy atom. The maximum Gasteiger partial charge on any atom is 0.196 e. The summed E-state index contributed by atoms with van der Waals surface area (Å²) in [6.45, 7) is 4.91. The van der Waals surface area contributed by atoms with Gasteiger partial charge in [0.2, 0.25) is 0 Å². The van der Waals surface area contributed by atoms with Gasteiger partial charge >= 0.3 is 0 Å². The molecule has 0 fully saturated rings. The van der Waals surface area contributed by atoms with Gasteiger partial charge in [0.15, 0.2) is 17.1 Å². The van der Waals surface area contributed by atoms with Gasteiger partial charge in [-0.25, -0.2) is 4.98 Å². The fourth-order valence-corrected chi connectivity index (χ4v) is 2.84. The number of nitrogens with zero attached hydrogens (tertiary/aromatic N) is 4. The van der Waals surface area contributed by atoms with E-state index in [0.29, 0.717) is 5.69 Å². The minimum atomic E-state index is 0.656. The first-order valence-corrected chi connectivity index (χ1v) is 7.35. The van der Waals surface area contributed by atoms with Crippen molar-refractivity contribution in [2.75, 3.05) is 38.6 Å². The highest BCUT2D eigenvalue weighted by molar-refractivity contribution is 7.15. The van der Waals surface area contributed by atoms with Gasteiger partial charge in [0.25, 0.3) is 0 Å². The molecule has 0 atom stereocenters. The molecule has 0 aliphatic carbocycles. The predicted octanol–water partition coefficient (Wildman–Crippen LogP) is 1.99. The molecule has 2 aromatic rings. The van der Waals surface area contributed by atoms with Gasteiger partial charge < -0.3 is 9.80 Å². The number of hydrogen-bond donors (Lipinski definition) is 0. The van der Waals surface area contributed by atoms with E-state index in [1.165, 1.54) is 0 Å². The number of rotatable bonds is 7. The van der Waals surface area contributed by atoms with Crippen LogP contribution in [0.15, 0.2) is 11.6 Å². The minimum Gasteiger partial charge on any atom is -0.355 e. The molecule has 2 rings (SSSR count). The molecule has 6 heteroatoms. The molecular formula is C13H20N4OS. The van der Waals surface area contributed by atoms with Gasteiger partial charge in [-0.05, 0) is 34.0 Å². The summed E-state index contributed by atoms with van der Waals surface area (Å²) in [7, 11) is 4.14. The van der Waals surface area contributed by atoms with Crippen molar-refractivity contribution in [1.29, 1.82) is 0 Å². The summed E-state index contributed by atoms with van der Waals surface area (Å²) < 4.78 is 1.86. The van der Waals surface area contributed by atoms with Crippen molar-refractivity contribution in [1.82, 2.24) is 14.3 Å². The average molecular weight is 280 g/mol. The smallest absolute Gasteiger partial charge is 0.196 e. The topological polar surface area (TPSA) is 40.9 Å². The maximum atomic E-state index is 11.3. The molecule has 0 saturated carbocycles. The Labute approximate surface area is 117 Å². The van der Waals surface area contributed by atoms with Gasteiger partial charge in [-0.1, -0.05) is 0 Å². The van der Waals surface area contributed by atoms with E-state index < -0.39 is 0 Å². The van der Waals surface area contributed by atoms with Crippen LogP contribution in [0.3, 0.4) is 0 Å². The second-order valence-electron chi connectivity index (χ2n) is 4.73. The minimum absolute atomic E-state index is 0.656. The molecule has 2 heterocycles. The van der Waals surface area contributed by atoms with E-state index in [9.17, 15) is 4.79 Å². The Kier molecular flexibility index (Phi) is 4.55. The Morgan fingerprint density at radius 1 is 1.42 bits per heavy atom. The van der Waals surface area contributed by atoms with Crippen molar-refractivity contribution >= 4 is 28.4 Å². The van der Waals surface area contributed by atoms with Crippen LogP contribution in [-0.4, -0.2) is 54.3 Å². The van der Waals surface area contributed by atoms with Crippen LogP contribution in [-0.2, 0) is 0 Å². The van der Waals surface area contributed by atoms with Gasteiger partial charge in [-0.3, -0.25) is 9.20 Å². The number of hydrogen-bond acceptors (Lipinski definition) is 5. The second kappa shape index (κ2) is 6.16. The fraction of sp³-hybridized carbons (Fsp3) is 0.538. The molecule has 0 saturated heterocycles. The quantitative estimate of drug-likeness (QED) is 0.727. The highest BCUT2D eigenvalue weighted by atomic mass is 32.1. The molecule has 19 heavy (non-hydrogen) atoms.